The zero-order chi connectivity index (χ0) is 10.1. The average Bonchev–Trinajstić information content (AvgIpc) is 2.09. The number of rotatable bonds is 2. The maximum absolute atomic E-state index is 13.1. The molecule has 0 aromatic heterocycles. The zero-order valence-corrected chi connectivity index (χ0v) is 8.16. The van der Waals surface area contributed by atoms with Gasteiger partial charge in [-0.3, -0.25) is 0 Å². The lowest BCUT2D eigenvalue weighted by atomic mass is 9.76. The lowest BCUT2D eigenvalue weighted by Gasteiger charge is -2.43. The van der Waals surface area contributed by atoms with Crippen molar-refractivity contribution in [3.63, 3.8) is 0 Å². The van der Waals surface area contributed by atoms with E-state index in [9.17, 15) is 9.50 Å². The van der Waals surface area contributed by atoms with Crippen LogP contribution in [-0.4, -0.2) is 36.1 Å². The second-order valence-electron chi connectivity index (χ2n) is 3.92. The molecule has 1 fully saturated rings. The number of hydrogen-bond donors (Lipinski definition) is 2. The third-order valence-corrected chi connectivity index (χ3v) is 3.11. The predicted molar refractivity (Wildman–Crippen MR) is 48.1 cm³/mol. The Morgan fingerprint density at radius 1 is 1.62 bits per heavy atom. The minimum atomic E-state index is -1.00. The van der Waals surface area contributed by atoms with Crippen LogP contribution in [0.2, 0.25) is 0 Å². The summed E-state index contributed by atoms with van der Waals surface area (Å²) in [5.74, 6) is -0.341. The summed E-state index contributed by atoms with van der Waals surface area (Å²) in [6.07, 6.45) is -1.24. The molecule has 0 aromatic carbocycles. The number of nitrogens with two attached hydrogens (primary N) is 1. The number of ether oxygens (including phenoxy) is 1. The van der Waals surface area contributed by atoms with E-state index in [4.69, 9.17) is 10.5 Å². The summed E-state index contributed by atoms with van der Waals surface area (Å²) in [5.41, 5.74) is 5.15. The second kappa shape index (κ2) is 3.90. The van der Waals surface area contributed by atoms with Crippen LogP contribution < -0.4 is 5.73 Å². The van der Waals surface area contributed by atoms with Gasteiger partial charge in [0.25, 0.3) is 0 Å². The van der Waals surface area contributed by atoms with Gasteiger partial charge in [0.15, 0.2) is 0 Å². The molecule has 0 saturated carbocycles. The lowest BCUT2D eigenvalue weighted by molar-refractivity contribution is -0.0839. The topological polar surface area (TPSA) is 55.5 Å². The van der Waals surface area contributed by atoms with Crippen LogP contribution >= 0.6 is 0 Å². The van der Waals surface area contributed by atoms with E-state index in [0.29, 0.717) is 13.0 Å². The first kappa shape index (κ1) is 10.9. The van der Waals surface area contributed by atoms with Gasteiger partial charge in [-0.2, -0.15) is 0 Å². The smallest absolute Gasteiger partial charge is 0.102 e. The maximum atomic E-state index is 13.1. The molecule has 1 aliphatic rings. The molecule has 1 saturated heterocycles. The molecular weight excluding hydrogens is 173 g/mol. The lowest BCUT2D eigenvalue weighted by Crippen LogP contribution is -2.62. The molecule has 78 valence electrons. The highest BCUT2D eigenvalue weighted by atomic mass is 19.1. The molecule has 0 amide bonds. The fourth-order valence-electron chi connectivity index (χ4n) is 1.72. The Bertz CT molecular complexity index is 177. The molecule has 1 heterocycles. The summed E-state index contributed by atoms with van der Waals surface area (Å²) in [6.45, 7) is 3.93. The molecule has 4 heteroatoms. The first-order valence-corrected chi connectivity index (χ1v) is 4.67. The van der Waals surface area contributed by atoms with E-state index in [1.165, 1.54) is 6.92 Å². The molecule has 0 spiro atoms. The van der Waals surface area contributed by atoms with Crippen molar-refractivity contribution in [2.24, 2.45) is 11.7 Å². The Hall–Kier alpha value is -0.190. The Labute approximate surface area is 78.1 Å². The summed E-state index contributed by atoms with van der Waals surface area (Å²) in [5, 5.41) is 9.63. The number of halogens is 1. The summed E-state index contributed by atoms with van der Waals surface area (Å²) in [6, 6.07) is 0. The van der Waals surface area contributed by atoms with Crippen molar-refractivity contribution in [2.75, 3.05) is 13.2 Å². The van der Waals surface area contributed by atoms with E-state index in [-0.39, 0.29) is 12.5 Å². The SMILES string of the molecule is CC([C@@H](C)F)C1(N)CCOCC1O. The van der Waals surface area contributed by atoms with Gasteiger partial charge in [0, 0.05) is 12.5 Å². The average molecular weight is 191 g/mol. The van der Waals surface area contributed by atoms with Gasteiger partial charge >= 0.3 is 0 Å². The van der Waals surface area contributed by atoms with Crippen molar-refractivity contribution >= 4 is 0 Å². The minimum Gasteiger partial charge on any atom is -0.389 e. The summed E-state index contributed by atoms with van der Waals surface area (Å²) >= 11 is 0. The van der Waals surface area contributed by atoms with Gasteiger partial charge in [-0.25, -0.2) is 4.39 Å². The fraction of sp³-hybridized carbons (Fsp3) is 1.00. The maximum Gasteiger partial charge on any atom is 0.102 e. The van der Waals surface area contributed by atoms with Crippen molar-refractivity contribution in [1.82, 2.24) is 0 Å². The van der Waals surface area contributed by atoms with Crippen molar-refractivity contribution in [2.45, 2.75) is 38.1 Å². The largest absolute Gasteiger partial charge is 0.389 e. The van der Waals surface area contributed by atoms with Gasteiger partial charge in [-0.05, 0) is 13.3 Å². The van der Waals surface area contributed by atoms with Crippen molar-refractivity contribution in [3.8, 4) is 0 Å². The third kappa shape index (κ3) is 2.00. The Kier molecular flexibility index (Phi) is 3.27. The Balaban J connectivity index is 2.71. The van der Waals surface area contributed by atoms with E-state index in [1.807, 2.05) is 0 Å². The molecule has 0 aromatic rings. The van der Waals surface area contributed by atoms with Gasteiger partial charge in [0.05, 0.1) is 18.2 Å². The Morgan fingerprint density at radius 3 is 2.69 bits per heavy atom. The monoisotopic (exact) mass is 191 g/mol. The van der Waals surface area contributed by atoms with Gasteiger partial charge in [0.2, 0.25) is 0 Å². The fourth-order valence-corrected chi connectivity index (χ4v) is 1.72. The van der Waals surface area contributed by atoms with Crippen LogP contribution in [0.4, 0.5) is 4.39 Å². The predicted octanol–water partition coefficient (Wildman–Crippen LogP) is 0.459. The summed E-state index contributed by atoms with van der Waals surface area (Å²) in [4.78, 5) is 0. The standard InChI is InChI=1S/C9H18FNO2/c1-6(7(2)10)9(11)3-4-13-5-8(9)12/h6-8,12H,3-5,11H2,1-2H3/t6?,7-,8?,9?/m1/s1. The van der Waals surface area contributed by atoms with Gasteiger partial charge in [-0.15, -0.1) is 0 Å². The Morgan fingerprint density at radius 2 is 2.23 bits per heavy atom. The molecule has 3 nitrogen and oxygen atoms in total. The van der Waals surface area contributed by atoms with E-state index in [2.05, 4.69) is 0 Å². The highest BCUT2D eigenvalue weighted by Gasteiger charge is 2.43. The summed E-state index contributed by atoms with van der Waals surface area (Å²) < 4.78 is 18.1. The van der Waals surface area contributed by atoms with E-state index in [1.54, 1.807) is 6.92 Å². The highest BCUT2D eigenvalue weighted by molar-refractivity contribution is 4.99. The molecule has 3 N–H and O–H groups in total. The number of aliphatic hydroxyl groups excluding tert-OH is 1. The molecule has 4 atom stereocenters. The molecule has 13 heavy (non-hydrogen) atoms. The van der Waals surface area contributed by atoms with E-state index >= 15 is 0 Å². The quantitative estimate of drug-likeness (QED) is 0.666. The minimum absolute atomic E-state index is 0.216. The van der Waals surface area contributed by atoms with Crippen LogP contribution in [0.1, 0.15) is 20.3 Å². The first-order chi connectivity index (χ1) is 5.98. The number of hydrogen-bond acceptors (Lipinski definition) is 3. The second-order valence-corrected chi connectivity index (χ2v) is 3.92. The van der Waals surface area contributed by atoms with Gasteiger partial charge < -0.3 is 15.6 Å². The molecule has 0 aliphatic carbocycles. The molecular formula is C9H18FNO2. The molecule has 1 rings (SSSR count). The van der Waals surface area contributed by atoms with Crippen molar-refractivity contribution in [1.29, 1.82) is 0 Å². The molecule has 3 unspecified atom stereocenters. The third-order valence-electron chi connectivity index (χ3n) is 3.11. The highest BCUT2D eigenvalue weighted by Crippen LogP contribution is 2.29. The molecule has 0 bridgehead atoms. The zero-order valence-electron chi connectivity index (χ0n) is 8.16. The van der Waals surface area contributed by atoms with Crippen LogP contribution in [0.5, 0.6) is 0 Å². The first-order valence-electron chi connectivity index (χ1n) is 4.67. The normalized spacial score (nSPS) is 39.9. The van der Waals surface area contributed by atoms with Crippen LogP contribution in [0, 0.1) is 5.92 Å². The molecule has 1 aliphatic heterocycles. The van der Waals surface area contributed by atoms with Crippen LogP contribution in [0.15, 0.2) is 0 Å². The van der Waals surface area contributed by atoms with Crippen molar-refractivity contribution < 1.29 is 14.2 Å². The van der Waals surface area contributed by atoms with Crippen LogP contribution in [-0.2, 0) is 4.74 Å². The summed E-state index contributed by atoms with van der Waals surface area (Å²) in [7, 11) is 0. The molecule has 0 radical (unpaired) electrons. The van der Waals surface area contributed by atoms with Crippen molar-refractivity contribution in [3.05, 3.63) is 0 Å². The van der Waals surface area contributed by atoms with E-state index in [0.717, 1.165) is 0 Å². The number of alkyl halides is 1. The van der Waals surface area contributed by atoms with Gasteiger partial charge in [-0.1, -0.05) is 6.92 Å². The van der Waals surface area contributed by atoms with Gasteiger partial charge in [0.1, 0.15) is 6.17 Å². The van der Waals surface area contributed by atoms with E-state index < -0.39 is 17.8 Å². The van der Waals surface area contributed by atoms with Crippen LogP contribution in [0.25, 0.3) is 0 Å². The number of aliphatic hydroxyl groups is 1. The van der Waals surface area contributed by atoms with Crippen LogP contribution in [0.3, 0.4) is 0 Å².